The van der Waals surface area contributed by atoms with Crippen molar-refractivity contribution in [2.45, 2.75) is 12.0 Å². The molecule has 0 radical (unpaired) electrons. The lowest BCUT2D eigenvalue weighted by Crippen LogP contribution is -2.55. The molecule has 6 heteroatoms. The molecule has 1 aromatic rings. The largest absolute Gasteiger partial charge is 0.489 e. The number of halogens is 1. The molecule has 1 aromatic carbocycles. The lowest BCUT2D eigenvalue weighted by Gasteiger charge is -2.32. The Morgan fingerprint density at radius 3 is 2.88 bits per heavy atom. The Balaban J connectivity index is 2.01. The molecule has 2 aliphatic heterocycles. The molecule has 2 aliphatic rings. The molecular weight excluding hydrogens is 288 g/mol. The van der Waals surface area contributed by atoms with E-state index in [1.807, 2.05) is 18.2 Å². The Hall–Kier alpha value is -1.56. The zero-order valence-corrected chi connectivity index (χ0v) is 10.3. The molecule has 2 N–H and O–H groups in total. The standard InChI is InChI=1S/C11H9BrN2O3/c12-7-3-1-2-6-4-11(5-17-8(6)7)9(15)13-10(16)14-11/h1-3H,4-5H2,(H2,13,14,15,16). The van der Waals surface area contributed by atoms with Gasteiger partial charge < -0.3 is 10.1 Å². The molecule has 5 nitrogen and oxygen atoms in total. The van der Waals surface area contributed by atoms with Crippen LogP contribution in [0.3, 0.4) is 0 Å². The SMILES string of the molecule is O=C1NC(=O)C2(COc3c(Br)cccc3C2)N1. The molecule has 3 rings (SSSR count). The number of para-hydroxylation sites is 1. The van der Waals surface area contributed by atoms with Gasteiger partial charge >= 0.3 is 6.03 Å². The molecule has 2 heterocycles. The third kappa shape index (κ3) is 1.51. The van der Waals surface area contributed by atoms with Gasteiger partial charge in [0.05, 0.1) is 4.47 Å². The number of rotatable bonds is 0. The minimum absolute atomic E-state index is 0.153. The van der Waals surface area contributed by atoms with Crippen LogP contribution in [0.1, 0.15) is 5.56 Å². The van der Waals surface area contributed by atoms with E-state index in [4.69, 9.17) is 4.74 Å². The molecule has 0 bridgehead atoms. The van der Waals surface area contributed by atoms with Gasteiger partial charge in [0.15, 0.2) is 5.54 Å². The third-order valence-corrected chi connectivity index (χ3v) is 3.64. The summed E-state index contributed by atoms with van der Waals surface area (Å²) in [6.45, 7) is 0.153. The van der Waals surface area contributed by atoms with Crippen molar-refractivity contribution in [2.24, 2.45) is 0 Å². The van der Waals surface area contributed by atoms with Crippen molar-refractivity contribution < 1.29 is 14.3 Å². The number of urea groups is 1. The first-order chi connectivity index (χ1) is 8.11. The van der Waals surface area contributed by atoms with Crippen LogP contribution in [0.4, 0.5) is 4.79 Å². The number of hydrogen-bond donors (Lipinski definition) is 2. The number of benzene rings is 1. The first-order valence-electron chi connectivity index (χ1n) is 5.14. The Morgan fingerprint density at radius 1 is 1.35 bits per heavy atom. The van der Waals surface area contributed by atoms with E-state index in [9.17, 15) is 9.59 Å². The summed E-state index contributed by atoms with van der Waals surface area (Å²) in [6, 6.07) is 5.18. The first kappa shape index (κ1) is 10.6. The number of carbonyl (C=O) groups excluding carboxylic acids is 2. The van der Waals surface area contributed by atoms with Gasteiger partial charge in [-0.25, -0.2) is 4.79 Å². The third-order valence-electron chi connectivity index (χ3n) is 3.02. The maximum atomic E-state index is 11.8. The smallest absolute Gasteiger partial charge is 0.322 e. The van der Waals surface area contributed by atoms with Gasteiger partial charge in [-0.05, 0) is 27.6 Å². The number of ether oxygens (including phenoxy) is 1. The molecule has 3 amide bonds. The Bertz CT molecular complexity index is 531. The predicted octanol–water partition coefficient (Wildman–Crippen LogP) is 0.962. The average Bonchev–Trinajstić information content (AvgIpc) is 2.53. The predicted molar refractivity (Wildman–Crippen MR) is 62.7 cm³/mol. The Labute approximate surface area is 106 Å². The Morgan fingerprint density at radius 2 is 2.18 bits per heavy atom. The summed E-state index contributed by atoms with van der Waals surface area (Å²) in [5.74, 6) is 0.417. The van der Waals surface area contributed by atoms with Crippen LogP contribution in [0, 0.1) is 0 Å². The van der Waals surface area contributed by atoms with Gasteiger partial charge in [-0.1, -0.05) is 12.1 Å². The van der Waals surface area contributed by atoms with Crippen LogP contribution in [-0.2, 0) is 11.2 Å². The number of nitrogens with one attached hydrogen (secondary N) is 2. The lowest BCUT2D eigenvalue weighted by atomic mass is 9.89. The average molecular weight is 297 g/mol. The van der Waals surface area contributed by atoms with Gasteiger partial charge in [0, 0.05) is 6.42 Å². The fourth-order valence-corrected chi connectivity index (χ4v) is 2.70. The van der Waals surface area contributed by atoms with Crippen LogP contribution in [0.5, 0.6) is 5.75 Å². The van der Waals surface area contributed by atoms with E-state index in [0.29, 0.717) is 6.42 Å². The summed E-state index contributed by atoms with van der Waals surface area (Å²) in [6.07, 6.45) is 0.444. The van der Waals surface area contributed by atoms with Crippen LogP contribution in [0.25, 0.3) is 0 Å². The summed E-state index contributed by atoms with van der Waals surface area (Å²) >= 11 is 3.39. The van der Waals surface area contributed by atoms with Crippen LogP contribution in [0.15, 0.2) is 22.7 Å². The van der Waals surface area contributed by atoms with Crippen molar-refractivity contribution in [3.8, 4) is 5.75 Å². The van der Waals surface area contributed by atoms with Crippen molar-refractivity contribution in [2.75, 3.05) is 6.61 Å². The van der Waals surface area contributed by atoms with Crippen molar-refractivity contribution in [1.29, 1.82) is 0 Å². The number of amides is 3. The molecular formula is C11H9BrN2O3. The minimum Gasteiger partial charge on any atom is -0.489 e. The van der Waals surface area contributed by atoms with Crippen LogP contribution in [-0.4, -0.2) is 24.1 Å². The highest BCUT2D eigenvalue weighted by Crippen LogP contribution is 2.36. The molecule has 0 saturated carbocycles. The molecule has 1 spiro atoms. The van der Waals surface area contributed by atoms with E-state index in [1.165, 1.54) is 0 Å². The quantitative estimate of drug-likeness (QED) is 0.701. The maximum absolute atomic E-state index is 11.8. The van der Waals surface area contributed by atoms with Gasteiger partial charge in [-0.3, -0.25) is 10.1 Å². The van der Waals surface area contributed by atoms with E-state index in [-0.39, 0.29) is 12.5 Å². The molecule has 88 valence electrons. The molecule has 1 saturated heterocycles. The van der Waals surface area contributed by atoms with E-state index in [2.05, 4.69) is 26.6 Å². The Kier molecular flexibility index (Phi) is 2.16. The van der Waals surface area contributed by atoms with Crippen molar-refractivity contribution in [3.05, 3.63) is 28.2 Å². The van der Waals surface area contributed by atoms with E-state index in [1.54, 1.807) is 0 Å². The lowest BCUT2D eigenvalue weighted by molar-refractivity contribution is -0.125. The second kappa shape index (κ2) is 3.46. The van der Waals surface area contributed by atoms with Crippen molar-refractivity contribution in [3.63, 3.8) is 0 Å². The van der Waals surface area contributed by atoms with Crippen LogP contribution in [0.2, 0.25) is 0 Å². The molecule has 1 atom stereocenters. The zero-order valence-electron chi connectivity index (χ0n) is 8.75. The molecule has 1 unspecified atom stereocenters. The van der Waals surface area contributed by atoms with E-state index >= 15 is 0 Å². The van der Waals surface area contributed by atoms with E-state index < -0.39 is 11.6 Å². The minimum atomic E-state index is -0.953. The summed E-state index contributed by atoms with van der Waals surface area (Å²) < 4.78 is 6.44. The van der Waals surface area contributed by atoms with Crippen molar-refractivity contribution >= 4 is 27.9 Å². The number of hydrogen-bond acceptors (Lipinski definition) is 3. The molecule has 1 fully saturated rings. The molecule has 17 heavy (non-hydrogen) atoms. The van der Waals surface area contributed by atoms with Crippen molar-refractivity contribution in [1.82, 2.24) is 10.6 Å². The van der Waals surface area contributed by atoms with E-state index in [0.717, 1.165) is 15.8 Å². The summed E-state index contributed by atoms with van der Waals surface area (Å²) in [5, 5.41) is 4.88. The van der Waals surface area contributed by atoms with Crippen LogP contribution >= 0.6 is 15.9 Å². The first-order valence-corrected chi connectivity index (χ1v) is 5.94. The van der Waals surface area contributed by atoms with Gasteiger partial charge in [0.25, 0.3) is 5.91 Å². The highest BCUT2D eigenvalue weighted by Gasteiger charge is 2.49. The monoisotopic (exact) mass is 296 g/mol. The van der Waals surface area contributed by atoms with Gasteiger partial charge in [-0.15, -0.1) is 0 Å². The number of fused-ring (bicyclic) bond motifs is 1. The maximum Gasteiger partial charge on any atom is 0.322 e. The normalized spacial score (nSPS) is 26.2. The topological polar surface area (TPSA) is 67.4 Å². The summed E-state index contributed by atoms with van der Waals surface area (Å²) in [4.78, 5) is 23.0. The molecule has 0 aliphatic carbocycles. The zero-order chi connectivity index (χ0) is 12.0. The summed E-state index contributed by atoms with van der Waals surface area (Å²) in [5.41, 5.74) is -0.0480. The second-order valence-corrected chi connectivity index (χ2v) is 5.04. The fourth-order valence-electron chi connectivity index (χ4n) is 2.18. The van der Waals surface area contributed by atoms with Crippen LogP contribution < -0.4 is 15.4 Å². The number of imide groups is 1. The fraction of sp³-hybridized carbons (Fsp3) is 0.273. The van der Waals surface area contributed by atoms with Gasteiger partial charge in [0.2, 0.25) is 0 Å². The number of carbonyl (C=O) groups is 2. The highest BCUT2D eigenvalue weighted by molar-refractivity contribution is 9.10. The highest BCUT2D eigenvalue weighted by atomic mass is 79.9. The van der Waals surface area contributed by atoms with Gasteiger partial charge in [-0.2, -0.15) is 0 Å². The van der Waals surface area contributed by atoms with Gasteiger partial charge in [0.1, 0.15) is 12.4 Å². The second-order valence-electron chi connectivity index (χ2n) is 4.18. The molecule has 0 aromatic heterocycles. The summed E-state index contributed by atoms with van der Waals surface area (Å²) in [7, 11) is 0.